The van der Waals surface area contributed by atoms with Crippen LogP contribution in [0.3, 0.4) is 0 Å². The molecule has 2 aromatic rings. The molecular weight excluding hydrogens is 1760 g/mol. The quantitative estimate of drug-likeness (QED) is 0.0333. The minimum Gasteiger partial charge on any atom is -0.508 e. The van der Waals surface area contributed by atoms with Gasteiger partial charge in [0, 0.05) is 78.2 Å². The van der Waals surface area contributed by atoms with Crippen molar-refractivity contribution in [2.75, 3.05) is 58.9 Å². The number of phenolic OH excluding ortho intramolecular Hbond substituents is 2. The number of β-amino-alcohol motifs (C(OH)–C–C–N with tert-alkyl or cyclic N) is 1. The first-order valence-corrected chi connectivity index (χ1v) is 38.3. The Hall–Kier alpha value is -13.1. The third-order valence-corrected chi connectivity index (χ3v) is 14.2. The number of carbonyl (C=O) groups excluding carboxylic acids is 6. The molecule has 131 heavy (non-hydrogen) atoms. The summed E-state index contributed by atoms with van der Waals surface area (Å²) in [6.45, 7) is 17.3. The van der Waals surface area contributed by atoms with Crippen molar-refractivity contribution in [2.45, 2.75) is 209 Å². The van der Waals surface area contributed by atoms with Crippen LogP contribution in [0.2, 0.25) is 0 Å². The molecule has 58 heteroatoms. The Balaban J connectivity index is -0.000000210. The molecule has 2 aromatic carbocycles. The van der Waals surface area contributed by atoms with E-state index in [4.69, 9.17) is 160 Å². The van der Waals surface area contributed by atoms with Crippen LogP contribution in [0.1, 0.15) is 111 Å². The number of amides is 6. The number of benzene rings is 2. The summed E-state index contributed by atoms with van der Waals surface area (Å²) in [4.78, 5) is 194. The molecule has 0 spiro atoms. The van der Waals surface area contributed by atoms with Gasteiger partial charge in [0.2, 0.25) is 23.6 Å². The molecular formula is C73H133N21O37. The summed E-state index contributed by atoms with van der Waals surface area (Å²) in [7, 11) is 0. The Kier molecular flexibility index (Phi) is 76.2. The van der Waals surface area contributed by atoms with E-state index >= 15 is 0 Å². The molecule has 3 heterocycles. The Morgan fingerprint density at radius 1 is 0.374 bits per heavy atom. The highest BCUT2D eigenvalue weighted by molar-refractivity contribution is 5.85. The van der Waals surface area contributed by atoms with E-state index in [9.17, 15) is 91.1 Å². The van der Waals surface area contributed by atoms with Crippen molar-refractivity contribution in [1.29, 1.82) is 0 Å². The number of primary amides is 4. The van der Waals surface area contributed by atoms with Gasteiger partial charge in [0.05, 0.1) is 18.9 Å². The van der Waals surface area contributed by atoms with Gasteiger partial charge < -0.3 is 209 Å². The minimum absolute atomic E-state index is 0.0213. The van der Waals surface area contributed by atoms with Crippen LogP contribution in [0.15, 0.2) is 48.5 Å². The lowest BCUT2D eigenvalue weighted by Gasteiger charge is -2.21. The van der Waals surface area contributed by atoms with Crippen LogP contribution in [-0.4, -0.2) is 350 Å². The second kappa shape index (κ2) is 74.8. The number of hydrogen-bond donors (Lipinski definition) is 37. The number of hydrogen-bond acceptors (Lipinski definition) is 39. The van der Waals surface area contributed by atoms with E-state index in [0.717, 1.165) is 37.3 Å². The first-order valence-electron chi connectivity index (χ1n) is 38.3. The first-order chi connectivity index (χ1) is 59.9. The molecule has 3 fully saturated rings. The van der Waals surface area contributed by atoms with Crippen molar-refractivity contribution in [3.05, 3.63) is 59.7 Å². The van der Waals surface area contributed by atoms with Crippen LogP contribution in [-0.2, 0) is 104 Å². The molecule has 0 bridgehead atoms. The Morgan fingerprint density at radius 2 is 0.634 bits per heavy atom. The summed E-state index contributed by atoms with van der Waals surface area (Å²) >= 11 is 0. The summed E-state index contributed by atoms with van der Waals surface area (Å²) < 4.78 is 9.70. The van der Waals surface area contributed by atoms with Crippen molar-refractivity contribution >= 4 is 113 Å². The molecule has 51 N–H and O–H groups in total. The number of aliphatic hydroxyl groups excluding tert-OH is 1. The lowest BCUT2D eigenvalue weighted by atomic mass is 10.1. The normalized spacial score (nSPS) is 16.4. The molecule has 0 unspecified atom stereocenters. The van der Waals surface area contributed by atoms with Crippen molar-refractivity contribution < 1.29 is 182 Å². The van der Waals surface area contributed by atoms with Gasteiger partial charge in [-0.15, -0.1) is 0 Å². The monoisotopic (exact) mass is 1900 g/mol. The van der Waals surface area contributed by atoms with E-state index in [1.54, 1.807) is 65.8 Å². The lowest BCUT2D eigenvalue weighted by molar-refractivity contribution is -0.140. The number of rotatable bonds is 31. The van der Waals surface area contributed by atoms with Gasteiger partial charge in [0.15, 0.2) is 0 Å². The summed E-state index contributed by atoms with van der Waals surface area (Å²) in [6.07, 6.45) is -1.54. The number of carboxylic acids is 13. The van der Waals surface area contributed by atoms with Gasteiger partial charge >= 0.3 is 89.8 Å². The van der Waals surface area contributed by atoms with Crippen molar-refractivity contribution in [2.24, 2.45) is 80.3 Å². The van der Waals surface area contributed by atoms with Gasteiger partial charge in [0.1, 0.15) is 101 Å². The molecule has 3 saturated heterocycles. The molecule has 0 aromatic heterocycles. The smallest absolute Gasteiger partial charge is 0.408 e. The number of piperazine rings is 2. The van der Waals surface area contributed by atoms with E-state index in [-0.39, 0.29) is 76.0 Å². The first kappa shape index (κ1) is 133. The zero-order valence-corrected chi connectivity index (χ0v) is 73.2. The number of alkyl carbamates (subject to hydrolysis) is 2. The topological polar surface area (TPSA) is 1110 Å². The number of aliphatic carboxylic acids is 13. The third kappa shape index (κ3) is 88.7. The molecule has 5 rings (SSSR count). The number of carboxylic acid groups (broad SMARTS) is 13. The largest absolute Gasteiger partial charge is 0.508 e. The minimum atomic E-state index is -1.21. The fourth-order valence-electron chi connectivity index (χ4n) is 7.30. The summed E-state index contributed by atoms with van der Waals surface area (Å²) in [5, 5.41) is 153. The molecule has 14 atom stereocenters. The molecule has 0 radical (unpaired) electrons. The summed E-state index contributed by atoms with van der Waals surface area (Å²) in [5.41, 5.74) is 69.6. The SMILES string of the molecule is CC(C)(C)OC(=O)N[C@@H](CN)C(=O)O.CC(C)(C)OC(=O)N[C@H](CN)C(=O)O.C[C@@H](N)C(=O)O.C[C@H](N)C(=O)O.NC(=O)CC[C@@H](N)C(=O)O.NC(=O)CC[C@H](N)C(=O)O.NC(=O)C[C@@H](N)C(=O)O.NC(=O)C[C@H](N)C(=O)O.N[C@@H](Cc1ccc(O)cc1)C(=O)O.N[C@H](Cc1ccc(O)cc1)C(=O)O.O=C(O)[C@@H]1CNCCN1.O=C(O)[C@@H]1CNCCN1.O=C(O)[C@@H]1C[C@@H](O)CN1. The van der Waals surface area contributed by atoms with E-state index in [0.29, 0.717) is 26.1 Å². The highest BCUT2D eigenvalue weighted by Gasteiger charge is 2.29. The number of nitrogens with two attached hydrogens (primary N) is 14. The van der Waals surface area contributed by atoms with Crippen molar-refractivity contribution in [1.82, 2.24) is 37.2 Å². The molecule has 3 aliphatic rings. The van der Waals surface area contributed by atoms with Crippen molar-refractivity contribution in [3.8, 4) is 11.5 Å². The van der Waals surface area contributed by atoms with E-state index < -0.39 is 209 Å². The highest BCUT2D eigenvalue weighted by Crippen LogP contribution is 2.13. The molecule has 3 aliphatic heterocycles. The van der Waals surface area contributed by atoms with E-state index in [1.807, 2.05) is 0 Å². The van der Waals surface area contributed by atoms with Gasteiger partial charge in [-0.1, -0.05) is 24.3 Å². The molecule has 6 amide bonds. The van der Waals surface area contributed by atoms with Gasteiger partial charge in [-0.25, -0.2) is 19.2 Å². The second-order valence-corrected chi connectivity index (χ2v) is 28.8. The number of ether oxygens (including phenoxy) is 2. The average molecular weight is 1900 g/mol. The Labute approximate surface area is 749 Å². The van der Waals surface area contributed by atoms with Gasteiger partial charge in [-0.3, -0.25) is 71.9 Å². The second-order valence-electron chi connectivity index (χ2n) is 28.8. The maximum atomic E-state index is 11.1. The third-order valence-electron chi connectivity index (χ3n) is 14.2. The van der Waals surface area contributed by atoms with Crippen LogP contribution in [0.4, 0.5) is 9.59 Å². The predicted octanol–water partition coefficient (Wildman–Crippen LogP) is -10.7. The summed E-state index contributed by atoms with van der Waals surface area (Å²) in [5.74, 6) is -15.6. The number of nitrogens with one attached hydrogen (secondary N) is 7. The Bertz CT molecular complexity index is 3530. The number of carbonyl (C=O) groups is 19. The van der Waals surface area contributed by atoms with Crippen LogP contribution in [0.25, 0.3) is 0 Å². The highest BCUT2D eigenvalue weighted by atomic mass is 16.6. The lowest BCUT2D eigenvalue weighted by Crippen LogP contribution is -2.52. The molecule has 752 valence electrons. The van der Waals surface area contributed by atoms with Crippen LogP contribution in [0.5, 0.6) is 11.5 Å². The fourth-order valence-corrected chi connectivity index (χ4v) is 7.30. The van der Waals surface area contributed by atoms with Crippen LogP contribution in [0, 0.1) is 0 Å². The maximum Gasteiger partial charge on any atom is 0.408 e. The fraction of sp³-hybridized carbons (Fsp3) is 0.575. The molecule has 0 aliphatic carbocycles. The van der Waals surface area contributed by atoms with Crippen LogP contribution < -0.4 is 117 Å². The van der Waals surface area contributed by atoms with Crippen LogP contribution >= 0.6 is 0 Å². The van der Waals surface area contributed by atoms with Crippen molar-refractivity contribution in [3.63, 3.8) is 0 Å². The number of phenols is 2. The van der Waals surface area contributed by atoms with Gasteiger partial charge in [0.25, 0.3) is 0 Å². The molecule has 0 saturated carbocycles. The van der Waals surface area contributed by atoms with E-state index in [1.165, 1.54) is 38.1 Å². The maximum absolute atomic E-state index is 11.1. The average Bonchev–Trinajstić information content (AvgIpc) is 1.69. The Morgan fingerprint density at radius 3 is 0.779 bits per heavy atom. The van der Waals surface area contributed by atoms with E-state index in [2.05, 4.69) is 48.7 Å². The molecule has 58 nitrogen and oxygen atoms in total. The number of aromatic hydroxyl groups is 2. The predicted molar refractivity (Wildman–Crippen MR) is 459 cm³/mol. The van der Waals surface area contributed by atoms with Gasteiger partial charge in [-0.05, 0) is 116 Å². The summed E-state index contributed by atoms with van der Waals surface area (Å²) in [6, 6.07) is 1.56. The number of aliphatic hydroxyl groups is 1. The standard InChI is InChI=1S/2C9H11NO3.2C8H16N2O4.2C5H10N2O3.2C5H10N2O2.C5H9NO3.2C4H8N2O3.2C3H7NO2/c2*10-8(9(12)13)5-6-1-3-7(11)4-2-6;2*1-8(2,3)14-7(13)10-5(4-9)6(11)12;2*6-3(5(9)10)1-2-4(7)8;2*8-5(9)4-3-6-1-2-7-4;7-3-1-4(5(8)9)6-2-3;2*5-2(4(8)9)1-3(6)7;2*1-2(4)3(5)6/h2*1-4,8,11H,5,10H2,(H,12,13);2*5H,4,9H2,1-3H3,(H,10,13)(H,11,12);2*3H,1-2,6H2,(H2,7,8)(H,9,10);2*4,6-7H,1-3H2,(H,8,9);3-4,6-7H,1-2H2,(H,8,9);2*2H,1,5H2,(H2,6,7)(H,8,9);2*2H,4H2,1H3,(H,5,6)/t2*8-;2*5-;2*3-;2*4-;3-,4+;4*2-/m1010100011010/s1. The van der Waals surface area contributed by atoms with Gasteiger partial charge in [-0.2, -0.15) is 0 Å². The zero-order valence-electron chi connectivity index (χ0n) is 73.2. The zero-order chi connectivity index (χ0) is 104.